The van der Waals surface area contributed by atoms with Crippen molar-refractivity contribution >= 4 is 20.0 Å². The first kappa shape index (κ1) is 14.2. The number of carbonyl (C=O) groups excluding carboxylic acids is 1. The van der Waals surface area contributed by atoms with E-state index in [2.05, 4.69) is 19.6 Å². The Hall–Kier alpha value is -0.883. The molecule has 0 saturated carbocycles. The molecule has 98 valence electrons. The molecule has 1 rings (SSSR count). The summed E-state index contributed by atoms with van der Waals surface area (Å²) < 4.78 is 5.42. The summed E-state index contributed by atoms with van der Waals surface area (Å²) in [4.78, 5) is 23.7. The lowest BCUT2D eigenvalue weighted by Gasteiger charge is -2.22. The predicted octanol–water partition coefficient (Wildman–Crippen LogP) is 1.37. The van der Waals surface area contributed by atoms with Crippen molar-refractivity contribution in [1.29, 1.82) is 0 Å². The molecule has 5 nitrogen and oxygen atoms in total. The van der Waals surface area contributed by atoms with Crippen LogP contribution in [0.5, 0.6) is 0 Å². The Morgan fingerprint density at radius 3 is 2.71 bits per heavy atom. The molecule has 0 aliphatic carbocycles. The zero-order valence-electron chi connectivity index (χ0n) is 10.7. The van der Waals surface area contributed by atoms with E-state index in [0.29, 0.717) is 19.4 Å². The smallest absolute Gasteiger partial charge is 0.326 e. The first-order valence-electron chi connectivity index (χ1n) is 5.91. The molecule has 1 fully saturated rings. The summed E-state index contributed by atoms with van der Waals surface area (Å²) in [5.41, 5.74) is 0. The first-order chi connectivity index (χ1) is 7.81. The molecule has 1 atom stereocenters. The largest absolute Gasteiger partial charge is 0.480 e. The number of hydrogen-bond acceptors (Lipinski definition) is 3. The molecule has 0 radical (unpaired) electrons. The maximum absolute atomic E-state index is 11.5. The molecule has 17 heavy (non-hydrogen) atoms. The van der Waals surface area contributed by atoms with Crippen LogP contribution in [0.15, 0.2) is 0 Å². The lowest BCUT2D eigenvalue weighted by Crippen LogP contribution is -2.40. The second-order valence-electron chi connectivity index (χ2n) is 5.60. The number of rotatable bonds is 6. The molecule has 1 aliphatic rings. The number of likely N-dealkylation sites (tertiary alicyclic amines) is 1. The van der Waals surface area contributed by atoms with Gasteiger partial charge in [-0.2, -0.15) is 0 Å². The summed E-state index contributed by atoms with van der Waals surface area (Å²) in [5, 5.41) is 8.94. The quantitative estimate of drug-likeness (QED) is 0.578. The third-order valence-corrected chi connectivity index (χ3v) is 4.54. The molecule has 0 spiro atoms. The van der Waals surface area contributed by atoms with Crippen LogP contribution in [0.1, 0.15) is 12.8 Å². The molecule has 1 heterocycles. The van der Waals surface area contributed by atoms with Crippen molar-refractivity contribution in [2.75, 3.05) is 13.3 Å². The number of amides is 1. The van der Waals surface area contributed by atoms with E-state index < -0.39 is 20.1 Å². The van der Waals surface area contributed by atoms with E-state index in [4.69, 9.17) is 9.84 Å². The number of carboxylic acids is 1. The minimum Gasteiger partial charge on any atom is -0.480 e. The molecule has 0 aromatic rings. The van der Waals surface area contributed by atoms with Gasteiger partial charge in [-0.3, -0.25) is 4.79 Å². The summed E-state index contributed by atoms with van der Waals surface area (Å²) >= 11 is 0. The highest BCUT2D eigenvalue weighted by Crippen LogP contribution is 2.18. The standard InChI is InChI=1S/C11H21NO4Si/c1-17(2,3)7-6-16-8-12-9(11(14)15)4-5-10(12)13/h9H,4-8H2,1-3H3,(H,14,15). The highest BCUT2D eigenvalue weighted by Gasteiger charge is 2.35. The van der Waals surface area contributed by atoms with Crippen molar-refractivity contribution in [2.45, 2.75) is 44.6 Å². The van der Waals surface area contributed by atoms with Crippen molar-refractivity contribution in [3.8, 4) is 0 Å². The molecular weight excluding hydrogens is 238 g/mol. The minimum absolute atomic E-state index is 0.111. The van der Waals surface area contributed by atoms with E-state index in [0.717, 1.165) is 6.04 Å². The zero-order valence-corrected chi connectivity index (χ0v) is 11.7. The summed E-state index contributed by atoms with van der Waals surface area (Å²) in [6.45, 7) is 7.46. The first-order valence-corrected chi connectivity index (χ1v) is 9.62. The highest BCUT2D eigenvalue weighted by molar-refractivity contribution is 6.76. The molecule has 1 N–H and O–H groups in total. The van der Waals surface area contributed by atoms with Gasteiger partial charge in [0.15, 0.2) is 0 Å². The van der Waals surface area contributed by atoms with E-state index in [1.807, 2.05) is 0 Å². The van der Waals surface area contributed by atoms with Crippen molar-refractivity contribution < 1.29 is 19.4 Å². The van der Waals surface area contributed by atoms with Crippen LogP contribution in [-0.4, -0.2) is 49.3 Å². The second kappa shape index (κ2) is 5.64. The van der Waals surface area contributed by atoms with Crippen molar-refractivity contribution in [1.82, 2.24) is 4.90 Å². The van der Waals surface area contributed by atoms with Crippen LogP contribution >= 0.6 is 0 Å². The van der Waals surface area contributed by atoms with Crippen LogP contribution in [0.2, 0.25) is 25.7 Å². The van der Waals surface area contributed by atoms with Crippen LogP contribution in [0.25, 0.3) is 0 Å². The van der Waals surface area contributed by atoms with Crippen molar-refractivity contribution in [2.24, 2.45) is 0 Å². The number of ether oxygens (including phenoxy) is 1. The Kier molecular flexibility index (Phi) is 4.70. The average molecular weight is 259 g/mol. The monoisotopic (exact) mass is 259 g/mol. The molecular formula is C11H21NO4Si. The normalized spacial score (nSPS) is 21.0. The van der Waals surface area contributed by atoms with E-state index in [9.17, 15) is 9.59 Å². The number of aliphatic carboxylic acids is 1. The molecule has 0 aromatic heterocycles. The minimum atomic E-state index is -1.13. The molecule has 1 saturated heterocycles. The average Bonchev–Trinajstić information content (AvgIpc) is 2.53. The third-order valence-electron chi connectivity index (χ3n) is 2.84. The van der Waals surface area contributed by atoms with E-state index in [1.165, 1.54) is 4.90 Å². The van der Waals surface area contributed by atoms with E-state index in [-0.39, 0.29) is 12.6 Å². The number of carbonyl (C=O) groups is 2. The van der Waals surface area contributed by atoms with Gasteiger partial charge in [0.2, 0.25) is 5.91 Å². The lowest BCUT2D eigenvalue weighted by molar-refractivity contribution is -0.150. The topological polar surface area (TPSA) is 66.8 Å². The van der Waals surface area contributed by atoms with E-state index >= 15 is 0 Å². The predicted molar refractivity (Wildman–Crippen MR) is 66.5 cm³/mol. The van der Waals surface area contributed by atoms with Gasteiger partial charge in [-0.15, -0.1) is 0 Å². The third kappa shape index (κ3) is 4.47. The molecule has 0 aromatic carbocycles. The van der Waals surface area contributed by atoms with Gasteiger partial charge in [0, 0.05) is 21.1 Å². The summed E-state index contributed by atoms with van der Waals surface area (Å²) in [7, 11) is -1.13. The van der Waals surface area contributed by atoms with Gasteiger partial charge in [-0.25, -0.2) is 4.79 Å². The Morgan fingerprint density at radius 2 is 2.18 bits per heavy atom. The van der Waals surface area contributed by atoms with Gasteiger partial charge >= 0.3 is 5.97 Å². The molecule has 0 bridgehead atoms. The van der Waals surface area contributed by atoms with Crippen LogP contribution in [0, 0.1) is 0 Å². The Bertz CT molecular complexity index is 300. The number of hydrogen-bond donors (Lipinski definition) is 1. The fourth-order valence-electron chi connectivity index (χ4n) is 1.69. The van der Waals surface area contributed by atoms with Gasteiger partial charge in [0.25, 0.3) is 0 Å². The van der Waals surface area contributed by atoms with Gasteiger partial charge in [0.1, 0.15) is 12.8 Å². The van der Waals surface area contributed by atoms with E-state index in [1.54, 1.807) is 0 Å². The maximum Gasteiger partial charge on any atom is 0.326 e. The van der Waals surface area contributed by atoms with Gasteiger partial charge in [0.05, 0.1) is 0 Å². The summed E-state index contributed by atoms with van der Waals surface area (Å²) in [5.74, 6) is -1.06. The van der Waals surface area contributed by atoms with Crippen LogP contribution in [-0.2, 0) is 14.3 Å². The van der Waals surface area contributed by atoms with Crippen LogP contribution in [0.4, 0.5) is 0 Å². The lowest BCUT2D eigenvalue weighted by atomic mass is 10.2. The SMILES string of the molecule is C[Si](C)(C)CCOCN1C(=O)CCC1C(=O)O. The summed E-state index contributed by atoms with van der Waals surface area (Å²) in [6, 6.07) is 0.321. The molecule has 6 heteroatoms. The van der Waals surface area contributed by atoms with Gasteiger partial charge in [-0.1, -0.05) is 19.6 Å². The highest BCUT2D eigenvalue weighted by atomic mass is 28.3. The molecule has 1 unspecified atom stereocenters. The van der Waals surface area contributed by atoms with Gasteiger partial charge in [-0.05, 0) is 12.5 Å². The number of carboxylic acid groups (broad SMARTS) is 1. The van der Waals surface area contributed by atoms with Crippen LogP contribution in [0.3, 0.4) is 0 Å². The van der Waals surface area contributed by atoms with Crippen molar-refractivity contribution in [3.05, 3.63) is 0 Å². The van der Waals surface area contributed by atoms with Crippen molar-refractivity contribution in [3.63, 3.8) is 0 Å². The van der Waals surface area contributed by atoms with Gasteiger partial charge < -0.3 is 14.7 Å². The molecule has 1 amide bonds. The second-order valence-corrected chi connectivity index (χ2v) is 11.2. The Morgan fingerprint density at radius 1 is 1.53 bits per heavy atom. The van der Waals surface area contributed by atoms with Crippen LogP contribution < -0.4 is 0 Å². The Labute approximate surface area is 103 Å². The summed E-state index contributed by atoms with van der Waals surface area (Å²) in [6.07, 6.45) is 0.708. The Balaban J connectivity index is 2.34. The zero-order chi connectivity index (χ0) is 13.1. The number of nitrogens with zero attached hydrogens (tertiary/aromatic N) is 1. The fourth-order valence-corrected chi connectivity index (χ4v) is 2.45. The maximum atomic E-state index is 11.5. The fraction of sp³-hybridized carbons (Fsp3) is 0.818. The molecule has 1 aliphatic heterocycles.